The van der Waals surface area contributed by atoms with Crippen LogP contribution in [0.15, 0.2) is 23.1 Å². The van der Waals surface area contributed by atoms with Crippen molar-refractivity contribution >= 4 is 27.3 Å². The SMILES string of the molecule is CC1CCC(CNS(=O)(=O)c2ccc(Cl)cc2N)C1. The van der Waals surface area contributed by atoms with Crippen molar-refractivity contribution in [3.63, 3.8) is 0 Å². The maximum absolute atomic E-state index is 12.2. The van der Waals surface area contributed by atoms with Gasteiger partial charge in [0.1, 0.15) is 4.90 Å². The van der Waals surface area contributed by atoms with Crippen molar-refractivity contribution in [3.05, 3.63) is 23.2 Å². The summed E-state index contributed by atoms with van der Waals surface area (Å²) in [7, 11) is -3.55. The van der Waals surface area contributed by atoms with Gasteiger partial charge in [-0.25, -0.2) is 13.1 Å². The second kappa shape index (κ2) is 5.69. The molecule has 1 aromatic rings. The Bertz CT molecular complexity index is 560. The van der Waals surface area contributed by atoms with Gasteiger partial charge in [-0.2, -0.15) is 0 Å². The summed E-state index contributed by atoms with van der Waals surface area (Å²) in [6, 6.07) is 4.43. The van der Waals surface area contributed by atoms with Gasteiger partial charge in [0.25, 0.3) is 0 Å². The zero-order chi connectivity index (χ0) is 14.0. The normalized spacial score (nSPS) is 23.7. The van der Waals surface area contributed by atoms with E-state index in [0.717, 1.165) is 12.8 Å². The summed E-state index contributed by atoms with van der Waals surface area (Å²) in [5.41, 5.74) is 5.89. The van der Waals surface area contributed by atoms with Crippen molar-refractivity contribution in [1.82, 2.24) is 4.72 Å². The minimum Gasteiger partial charge on any atom is -0.398 e. The second-order valence-corrected chi connectivity index (χ2v) is 7.49. The summed E-state index contributed by atoms with van der Waals surface area (Å²) in [5, 5.41) is 0.432. The minimum absolute atomic E-state index is 0.0999. The third-order valence-electron chi connectivity index (χ3n) is 3.63. The molecule has 19 heavy (non-hydrogen) atoms. The van der Waals surface area contributed by atoms with Gasteiger partial charge in [0.2, 0.25) is 10.0 Å². The summed E-state index contributed by atoms with van der Waals surface area (Å²) >= 11 is 5.77. The Labute approximate surface area is 119 Å². The van der Waals surface area contributed by atoms with Crippen LogP contribution >= 0.6 is 11.6 Å². The zero-order valence-electron chi connectivity index (χ0n) is 10.9. The van der Waals surface area contributed by atoms with Crippen molar-refractivity contribution in [3.8, 4) is 0 Å². The predicted octanol–water partition coefficient (Wildman–Crippen LogP) is 2.64. The Morgan fingerprint density at radius 1 is 1.42 bits per heavy atom. The average molecular weight is 303 g/mol. The third kappa shape index (κ3) is 3.61. The van der Waals surface area contributed by atoms with Gasteiger partial charge < -0.3 is 5.73 Å². The van der Waals surface area contributed by atoms with Gasteiger partial charge in [-0.15, -0.1) is 0 Å². The number of hydrogen-bond acceptors (Lipinski definition) is 3. The molecule has 1 aromatic carbocycles. The van der Waals surface area contributed by atoms with E-state index in [2.05, 4.69) is 11.6 Å². The molecule has 4 nitrogen and oxygen atoms in total. The van der Waals surface area contributed by atoms with E-state index in [1.165, 1.54) is 24.6 Å². The molecule has 0 amide bonds. The Hall–Kier alpha value is -0.780. The number of benzene rings is 1. The maximum atomic E-state index is 12.2. The lowest BCUT2D eigenvalue weighted by Gasteiger charge is -2.13. The van der Waals surface area contributed by atoms with Crippen LogP contribution in [0.25, 0.3) is 0 Å². The quantitative estimate of drug-likeness (QED) is 0.840. The van der Waals surface area contributed by atoms with Crippen LogP contribution in [0.3, 0.4) is 0 Å². The lowest BCUT2D eigenvalue weighted by molar-refractivity contribution is 0.498. The first kappa shape index (κ1) is 14.6. The van der Waals surface area contributed by atoms with Crippen molar-refractivity contribution < 1.29 is 8.42 Å². The van der Waals surface area contributed by atoms with Crippen LogP contribution in [0, 0.1) is 11.8 Å². The number of nitrogens with two attached hydrogens (primary N) is 1. The number of nitrogen functional groups attached to an aromatic ring is 1. The fourth-order valence-corrected chi connectivity index (χ4v) is 3.99. The number of anilines is 1. The molecule has 3 N–H and O–H groups in total. The summed E-state index contributed by atoms with van der Waals surface area (Å²) in [4.78, 5) is 0.0999. The molecule has 2 unspecified atom stereocenters. The number of rotatable bonds is 4. The van der Waals surface area contributed by atoms with E-state index in [1.807, 2.05) is 0 Å². The number of halogens is 1. The van der Waals surface area contributed by atoms with Crippen molar-refractivity contribution in [2.45, 2.75) is 31.1 Å². The van der Waals surface area contributed by atoms with E-state index in [-0.39, 0.29) is 10.6 Å². The van der Waals surface area contributed by atoms with E-state index in [0.29, 0.717) is 23.4 Å². The topological polar surface area (TPSA) is 72.2 Å². The Morgan fingerprint density at radius 2 is 2.16 bits per heavy atom. The molecule has 1 aliphatic rings. The summed E-state index contributed by atoms with van der Waals surface area (Å²) in [5.74, 6) is 1.12. The van der Waals surface area contributed by atoms with Gasteiger partial charge in [0.15, 0.2) is 0 Å². The number of hydrogen-bond donors (Lipinski definition) is 2. The molecule has 1 aliphatic carbocycles. The average Bonchev–Trinajstić information content (AvgIpc) is 2.72. The number of sulfonamides is 1. The van der Waals surface area contributed by atoms with Gasteiger partial charge in [-0.3, -0.25) is 0 Å². The van der Waals surface area contributed by atoms with Crippen molar-refractivity contribution in [2.24, 2.45) is 11.8 Å². The molecule has 0 aliphatic heterocycles. The van der Waals surface area contributed by atoms with Crippen LogP contribution in [-0.2, 0) is 10.0 Å². The molecule has 0 spiro atoms. The molecule has 0 saturated heterocycles. The van der Waals surface area contributed by atoms with Gasteiger partial charge in [0.05, 0.1) is 5.69 Å². The monoisotopic (exact) mass is 302 g/mol. The van der Waals surface area contributed by atoms with Crippen LogP contribution in [0.1, 0.15) is 26.2 Å². The molecule has 106 valence electrons. The Kier molecular flexibility index (Phi) is 4.38. The van der Waals surface area contributed by atoms with Crippen LogP contribution in [0.5, 0.6) is 0 Å². The molecule has 1 saturated carbocycles. The Balaban J connectivity index is 2.06. The third-order valence-corrected chi connectivity index (χ3v) is 5.36. The first-order valence-corrected chi connectivity index (χ1v) is 8.29. The highest BCUT2D eigenvalue weighted by Crippen LogP contribution is 2.30. The predicted molar refractivity (Wildman–Crippen MR) is 77.6 cm³/mol. The molecule has 0 aromatic heterocycles. The minimum atomic E-state index is -3.55. The molecule has 0 bridgehead atoms. The zero-order valence-corrected chi connectivity index (χ0v) is 12.5. The summed E-state index contributed by atoms with van der Waals surface area (Å²) in [6.45, 7) is 2.68. The number of nitrogens with one attached hydrogen (secondary N) is 1. The first-order valence-electron chi connectivity index (χ1n) is 6.43. The fourth-order valence-electron chi connectivity index (χ4n) is 2.58. The second-order valence-electron chi connectivity index (χ2n) is 5.32. The van der Waals surface area contributed by atoms with E-state index in [1.54, 1.807) is 0 Å². The fraction of sp³-hybridized carbons (Fsp3) is 0.538. The van der Waals surface area contributed by atoms with Crippen molar-refractivity contribution in [2.75, 3.05) is 12.3 Å². The molecular formula is C13H19ClN2O2S. The largest absolute Gasteiger partial charge is 0.398 e. The van der Waals surface area contributed by atoms with Crippen LogP contribution in [0.2, 0.25) is 5.02 Å². The molecule has 0 radical (unpaired) electrons. The van der Waals surface area contributed by atoms with Gasteiger partial charge in [-0.1, -0.05) is 24.9 Å². The van der Waals surface area contributed by atoms with E-state index in [9.17, 15) is 8.42 Å². The first-order chi connectivity index (χ1) is 8.88. The lowest BCUT2D eigenvalue weighted by atomic mass is 10.1. The van der Waals surface area contributed by atoms with E-state index in [4.69, 9.17) is 17.3 Å². The Morgan fingerprint density at radius 3 is 2.74 bits per heavy atom. The van der Waals surface area contributed by atoms with Crippen molar-refractivity contribution in [1.29, 1.82) is 0 Å². The smallest absolute Gasteiger partial charge is 0.242 e. The molecule has 6 heteroatoms. The molecule has 1 fully saturated rings. The lowest BCUT2D eigenvalue weighted by Crippen LogP contribution is -2.29. The van der Waals surface area contributed by atoms with Crippen LogP contribution < -0.4 is 10.5 Å². The highest BCUT2D eigenvalue weighted by atomic mass is 35.5. The maximum Gasteiger partial charge on any atom is 0.242 e. The van der Waals surface area contributed by atoms with Crippen LogP contribution in [-0.4, -0.2) is 15.0 Å². The summed E-state index contributed by atoms with van der Waals surface area (Å²) < 4.78 is 27.0. The van der Waals surface area contributed by atoms with E-state index < -0.39 is 10.0 Å². The molecule has 0 heterocycles. The van der Waals surface area contributed by atoms with Gasteiger partial charge >= 0.3 is 0 Å². The highest BCUT2D eigenvalue weighted by molar-refractivity contribution is 7.89. The molecule has 2 rings (SSSR count). The molecule has 2 atom stereocenters. The van der Waals surface area contributed by atoms with Gasteiger partial charge in [0, 0.05) is 11.6 Å². The summed E-state index contributed by atoms with van der Waals surface area (Å²) in [6.07, 6.45) is 3.34. The standard InChI is InChI=1S/C13H19ClN2O2S/c1-9-2-3-10(6-9)8-16-19(17,18)13-5-4-11(14)7-12(13)15/h4-5,7,9-10,16H,2-3,6,8,15H2,1H3. The molecular weight excluding hydrogens is 284 g/mol. The van der Waals surface area contributed by atoms with Gasteiger partial charge in [-0.05, 0) is 42.9 Å². The van der Waals surface area contributed by atoms with Crippen LogP contribution in [0.4, 0.5) is 5.69 Å². The van der Waals surface area contributed by atoms with E-state index >= 15 is 0 Å². The highest BCUT2D eigenvalue weighted by Gasteiger charge is 2.24.